The Morgan fingerprint density at radius 2 is 0.932 bits per heavy atom. The minimum Gasteiger partial charge on any atom is -0.394 e. The van der Waals surface area contributed by atoms with Crippen molar-refractivity contribution in [3.8, 4) is 0 Å². The predicted octanol–water partition coefficient (Wildman–Crippen LogP) is 6.92. The van der Waals surface area contributed by atoms with Gasteiger partial charge in [0.2, 0.25) is 0 Å². The molecule has 8 rings (SSSR count). The van der Waals surface area contributed by atoms with Gasteiger partial charge in [-0.05, 0) is 22.3 Å². The van der Waals surface area contributed by atoms with E-state index in [-0.39, 0.29) is 33.0 Å². The molecule has 59 heavy (non-hydrogen) atoms. The van der Waals surface area contributed by atoms with Crippen LogP contribution in [-0.4, -0.2) is 86.8 Å². The van der Waals surface area contributed by atoms with Gasteiger partial charge in [0.05, 0.1) is 39.6 Å². The van der Waals surface area contributed by atoms with Crippen LogP contribution in [0.15, 0.2) is 152 Å². The van der Waals surface area contributed by atoms with Crippen molar-refractivity contribution in [1.82, 2.24) is 0 Å². The number of rotatable bonds is 17. The molecule has 11 atom stereocenters. The molecule has 0 saturated carbocycles. The van der Waals surface area contributed by atoms with Crippen molar-refractivity contribution in [2.24, 2.45) is 0 Å². The van der Waals surface area contributed by atoms with Gasteiger partial charge >= 0.3 is 0 Å². The standard InChI is InChI=1S/C48H52O11/c1-50-47-44(53-30-35-21-11-4-12-22-35)42(51-28-33-17-7-2-8-18-33)40(38(27-49)56-47)59-48-45(54-31-36-23-13-5-14-24-36)43(52-29-34-19-9-3-10-20-34)41-39(57-48)32-55-46(58-41)37-25-15-6-16-26-37/h2-26,38-49H,27-32H2,1H3/t38-,39-,40-,41+,42+,43+,44-,45-,46+,47-,48+/m1/s1. The van der Waals surface area contributed by atoms with Crippen LogP contribution in [0.1, 0.15) is 34.1 Å². The van der Waals surface area contributed by atoms with Gasteiger partial charge in [0.25, 0.3) is 0 Å². The number of hydrogen-bond acceptors (Lipinski definition) is 11. The van der Waals surface area contributed by atoms with Gasteiger partial charge in [0.15, 0.2) is 18.9 Å². The molecule has 0 aliphatic carbocycles. The van der Waals surface area contributed by atoms with Gasteiger partial charge < -0.3 is 52.5 Å². The summed E-state index contributed by atoms with van der Waals surface area (Å²) in [7, 11) is 1.55. The Morgan fingerprint density at radius 1 is 0.492 bits per heavy atom. The largest absolute Gasteiger partial charge is 0.394 e. The third kappa shape index (κ3) is 10.5. The van der Waals surface area contributed by atoms with E-state index in [0.717, 1.165) is 27.8 Å². The molecule has 3 saturated heterocycles. The third-order valence-electron chi connectivity index (χ3n) is 10.8. The molecule has 5 aromatic carbocycles. The summed E-state index contributed by atoms with van der Waals surface area (Å²) in [4.78, 5) is 0. The van der Waals surface area contributed by atoms with Crippen molar-refractivity contribution in [2.75, 3.05) is 20.3 Å². The van der Waals surface area contributed by atoms with Crippen LogP contribution in [0.5, 0.6) is 0 Å². The minimum absolute atomic E-state index is 0.202. The Labute approximate surface area is 345 Å². The maximum atomic E-state index is 10.9. The van der Waals surface area contributed by atoms with Crippen LogP contribution in [0, 0.1) is 0 Å². The second-order valence-corrected chi connectivity index (χ2v) is 14.8. The normalized spacial score (nSPS) is 29.4. The lowest BCUT2D eigenvalue weighted by atomic mass is 9.95. The smallest absolute Gasteiger partial charge is 0.187 e. The molecule has 1 N–H and O–H groups in total. The minimum atomic E-state index is -1.06. The van der Waals surface area contributed by atoms with E-state index < -0.39 is 74.3 Å². The number of methoxy groups -OCH3 is 1. The second-order valence-electron chi connectivity index (χ2n) is 14.8. The summed E-state index contributed by atoms with van der Waals surface area (Å²) >= 11 is 0. The Morgan fingerprint density at radius 3 is 1.41 bits per heavy atom. The van der Waals surface area contributed by atoms with Gasteiger partial charge in [-0.3, -0.25) is 0 Å². The summed E-state index contributed by atoms with van der Waals surface area (Å²) < 4.78 is 66.2. The Balaban J connectivity index is 1.13. The molecule has 0 amide bonds. The van der Waals surface area contributed by atoms with Crippen LogP contribution in [0.3, 0.4) is 0 Å². The van der Waals surface area contributed by atoms with Crippen molar-refractivity contribution >= 4 is 0 Å². The van der Waals surface area contributed by atoms with Gasteiger partial charge in [-0.25, -0.2) is 0 Å². The predicted molar refractivity (Wildman–Crippen MR) is 216 cm³/mol. The summed E-state index contributed by atoms with van der Waals surface area (Å²) in [6.07, 6.45) is -8.67. The van der Waals surface area contributed by atoms with Gasteiger partial charge in [0, 0.05) is 12.7 Å². The van der Waals surface area contributed by atoms with E-state index in [9.17, 15) is 5.11 Å². The SMILES string of the molecule is CO[C@@H]1O[C@H](CO)[C@@H](O[C@@H]2O[C@@H]3CO[C@H](c4ccccc4)O[C@@H]3[C@H](OCc3ccccc3)[C@H]2OCc2ccccc2)[C@H](OCc2ccccc2)[C@H]1OCc1ccccc1. The lowest BCUT2D eigenvalue weighted by molar-refractivity contribution is -0.396. The van der Waals surface area contributed by atoms with Gasteiger partial charge in [0.1, 0.15) is 48.8 Å². The fraction of sp³-hybridized carbons (Fsp3) is 0.375. The van der Waals surface area contributed by atoms with Crippen molar-refractivity contribution in [2.45, 2.75) is 94.1 Å². The fourth-order valence-electron chi connectivity index (χ4n) is 7.77. The number of ether oxygens (including phenoxy) is 10. The van der Waals surface area contributed by atoms with Crippen LogP contribution < -0.4 is 0 Å². The van der Waals surface area contributed by atoms with E-state index in [1.165, 1.54) is 0 Å². The molecule has 0 aromatic heterocycles. The molecule has 11 heteroatoms. The average Bonchev–Trinajstić information content (AvgIpc) is 3.30. The molecule has 11 nitrogen and oxygen atoms in total. The lowest BCUT2D eigenvalue weighted by Gasteiger charge is -2.51. The first-order valence-corrected chi connectivity index (χ1v) is 20.2. The molecule has 0 radical (unpaired) electrons. The van der Waals surface area contributed by atoms with E-state index >= 15 is 0 Å². The number of benzene rings is 5. The monoisotopic (exact) mass is 804 g/mol. The highest BCUT2D eigenvalue weighted by molar-refractivity contribution is 5.19. The molecular weight excluding hydrogens is 753 g/mol. The van der Waals surface area contributed by atoms with Crippen LogP contribution in [-0.2, 0) is 73.8 Å². The molecule has 3 aliphatic heterocycles. The number of aliphatic hydroxyl groups is 1. The highest BCUT2D eigenvalue weighted by Gasteiger charge is 2.55. The number of hydrogen-bond donors (Lipinski definition) is 1. The van der Waals surface area contributed by atoms with E-state index in [0.29, 0.717) is 0 Å². The first kappa shape index (κ1) is 41.4. The zero-order chi connectivity index (χ0) is 40.2. The molecule has 3 aliphatic rings. The first-order valence-electron chi connectivity index (χ1n) is 20.2. The average molecular weight is 805 g/mol. The summed E-state index contributed by atoms with van der Waals surface area (Å²) in [5.41, 5.74) is 4.74. The fourth-order valence-corrected chi connectivity index (χ4v) is 7.77. The van der Waals surface area contributed by atoms with Crippen LogP contribution in [0.25, 0.3) is 0 Å². The third-order valence-corrected chi connectivity index (χ3v) is 10.8. The number of aliphatic hydroxyl groups excluding tert-OH is 1. The van der Waals surface area contributed by atoms with E-state index in [1.807, 2.05) is 152 Å². The molecular formula is C48H52O11. The summed E-state index contributed by atoms with van der Waals surface area (Å²) in [6.45, 7) is 0.827. The van der Waals surface area contributed by atoms with E-state index in [4.69, 9.17) is 47.4 Å². The number of fused-ring (bicyclic) bond motifs is 1. The topological polar surface area (TPSA) is 113 Å². The van der Waals surface area contributed by atoms with Crippen molar-refractivity contribution in [3.63, 3.8) is 0 Å². The Kier molecular flexibility index (Phi) is 14.6. The van der Waals surface area contributed by atoms with Crippen molar-refractivity contribution in [1.29, 1.82) is 0 Å². The zero-order valence-corrected chi connectivity index (χ0v) is 33.1. The maximum absolute atomic E-state index is 10.9. The lowest BCUT2D eigenvalue weighted by Crippen LogP contribution is -2.67. The molecule has 0 bridgehead atoms. The van der Waals surface area contributed by atoms with Gasteiger partial charge in [-0.15, -0.1) is 0 Å². The quantitative estimate of drug-likeness (QED) is 0.106. The molecule has 0 spiro atoms. The van der Waals surface area contributed by atoms with Crippen LogP contribution >= 0.6 is 0 Å². The van der Waals surface area contributed by atoms with E-state index in [1.54, 1.807) is 7.11 Å². The molecule has 0 unspecified atom stereocenters. The van der Waals surface area contributed by atoms with Crippen molar-refractivity contribution in [3.05, 3.63) is 179 Å². The van der Waals surface area contributed by atoms with Crippen LogP contribution in [0.2, 0.25) is 0 Å². The molecule has 310 valence electrons. The molecule has 3 fully saturated rings. The summed E-state index contributed by atoms with van der Waals surface area (Å²) in [5.74, 6) is 0. The van der Waals surface area contributed by atoms with Crippen LogP contribution in [0.4, 0.5) is 0 Å². The first-order chi connectivity index (χ1) is 29.2. The van der Waals surface area contributed by atoms with Gasteiger partial charge in [-0.2, -0.15) is 0 Å². The molecule has 3 heterocycles. The highest BCUT2D eigenvalue weighted by atomic mass is 16.8. The van der Waals surface area contributed by atoms with E-state index in [2.05, 4.69) is 0 Å². The highest BCUT2D eigenvalue weighted by Crippen LogP contribution is 2.39. The summed E-state index contributed by atoms with van der Waals surface area (Å²) in [5, 5.41) is 10.9. The van der Waals surface area contributed by atoms with Crippen molar-refractivity contribution < 1.29 is 52.5 Å². The molecule has 5 aromatic rings. The zero-order valence-electron chi connectivity index (χ0n) is 33.1. The summed E-state index contributed by atoms with van der Waals surface area (Å²) in [6, 6.07) is 49.4. The Hall–Kier alpha value is -4.34. The Bertz CT molecular complexity index is 1940. The maximum Gasteiger partial charge on any atom is 0.187 e. The second kappa shape index (κ2) is 20.8. The van der Waals surface area contributed by atoms with Gasteiger partial charge in [-0.1, -0.05) is 152 Å².